The average molecular weight is 664 g/mol. The van der Waals surface area contributed by atoms with Crippen molar-refractivity contribution in [2.75, 3.05) is 39.3 Å². The molecule has 5 aromatic rings. The minimum Gasteiger partial charge on any atom is -0.504 e. The van der Waals surface area contributed by atoms with Gasteiger partial charge in [-0.05, 0) is 54.2 Å². The second-order valence-corrected chi connectivity index (χ2v) is 12.8. The number of fused-ring (bicyclic) bond motifs is 5. The number of aromatic amines is 3. The Morgan fingerprint density at radius 2 is 1.69 bits per heavy atom. The minimum atomic E-state index is -0.586. The van der Waals surface area contributed by atoms with Gasteiger partial charge in [0.05, 0.1) is 38.2 Å². The largest absolute Gasteiger partial charge is 0.504 e. The molecule has 3 aromatic heterocycles. The summed E-state index contributed by atoms with van der Waals surface area (Å²) in [5.74, 6) is -1.55. The number of ether oxygens (including phenoxy) is 3. The topological polar surface area (TPSA) is 190 Å². The molecule has 248 valence electrons. The van der Waals surface area contributed by atoms with E-state index >= 15 is 0 Å². The Kier molecular flexibility index (Phi) is 5.73. The van der Waals surface area contributed by atoms with Crippen LogP contribution in [0.15, 0.2) is 42.1 Å². The fraction of sp³-hybridized carbons (Fsp3) is 0.257. The number of ketones is 1. The quantitative estimate of drug-likeness (QED) is 0.174. The van der Waals surface area contributed by atoms with Gasteiger partial charge in [0.15, 0.2) is 23.0 Å². The minimum absolute atomic E-state index is 0.0440. The van der Waals surface area contributed by atoms with Gasteiger partial charge < -0.3 is 49.2 Å². The number of likely N-dealkylation sites (tertiary alicyclic amines) is 1. The molecule has 14 heteroatoms. The highest BCUT2D eigenvalue weighted by Crippen LogP contribution is 2.67. The summed E-state index contributed by atoms with van der Waals surface area (Å²) in [6, 6.07) is 8.12. The van der Waals surface area contributed by atoms with Crippen molar-refractivity contribution >= 4 is 51.1 Å². The number of benzene rings is 2. The molecular formula is C35H29N5O9. The number of aromatic nitrogens is 3. The van der Waals surface area contributed by atoms with Crippen LogP contribution in [-0.2, 0) is 16.6 Å². The van der Waals surface area contributed by atoms with Gasteiger partial charge in [0, 0.05) is 52.6 Å². The fourth-order valence-electron chi connectivity index (χ4n) is 8.19. The van der Waals surface area contributed by atoms with Gasteiger partial charge in [-0.2, -0.15) is 0 Å². The molecule has 5 N–H and O–H groups in total. The number of allylic oxidation sites excluding steroid dienone is 2. The molecule has 2 atom stereocenters. The molecule has 2 fully saturated rings. The molecule has 1 saturated carbocycles. The molecule has 2 amide bonds. The van der Waals surface area contributed by atoms with E-state index in [-0.39, 0.29) is 64.2 Å². The zero-order chi connectivity index (χ0) is 34.1. The van der Waals surface area contributed by atoms with Crippen LogP contribution in [0.1, 0.15) is 59.5 Å². The van der Waals surface area contributed by atoms with Gasteiger partial charge >= 0.3 is 5.97 Å². The van der Waals surface area contributed by atoms with Crippen LogP contribution in [0.4, 0.5) is 5.69 Å². The highest BCUT2D eigenvalue weighted by atomic mass is 16.5. The molecule has 5 heterocycles. The molecular weight excluding hydrogens is 634 g/mol. The van der Waals surface area contributed by atoms with Gasteiger partial charge in [-0.1, -0.05) is 0 Å². The number of piperidine rings is 1. The first-order valence-corrected chi connectivity index (χ1v) is 15.7. The molecule has 1 spiro atoms. The van der Waals surface area contributed by atoms with Gasteiger partial charge in [0.2, 0.25) is 5.78 Å². The number of carbonyl (C=O) groups is 4. The summed E-state index contributed by atoms with van der Waals surface area (Å²) in [6.45, 7) is 0.650. The number of rotatable bonds is 5. The maximum Gasteiger partial charge on any atom is 0.354 e. The number of amides is 2. The van der Waals surface area contributed by atoms with E-state index in [1.807, 2.05) is 0 Å². The Labute approximate surface area is 276 Å². The van der Waals surface area contributed by atoms with Crippen molar-refractivity contribution in [1.82, 2.24) is 19.9 Å². The van der Waals surface area contributed by atoms with Crippen LogP contribution < -0.4 is 14.4 Å². The maximum absolute atomic E-state index is 14.1. The van der Waals surface area contributed by atoms with Crippen LogP contribution in [0.25, 0.3) is 21.8 Å². The summed E-state index contributed by atoms with van der Waals surface area (Å²) >= 11 is 0. The molecule has 2 aromatic carbocycles. The second kappa shape index (κ2) is 9.69. The Hall–Kier alpha value is -6.18. The van der Waals surface area contributed by atoms with Gasteiger partial charge in [-0.3, -0.25) is 14.4 Å². The van der Waals surface area contributed by atoms with E-state index in [9.17, 15) is 29.4 Å². The Balaban J connectivity index is 1.05. The van der Waals surface area contributed by atoms with Crippen LogP contribution in [0.3, 0.4) is 0 Å². The standard InChI is InChI=1S/C35H29N5O9/c1-47-25-10-19-14(7-23(25)41)6-20(36-19)33(45)40-13-15-12-35(15)18-9-21(37-28(18)24(42)11-26(35)40)32(44)39-5-4-16-17-8-22(34(46)49-3)38-27(17)31(48-2)30(43)29(16)39/h6-11,15,36-38,41,43H,4-5,12-13H2,1-3H3/t15-,35-/m1/s1. The Morgan fingerprint density at radius 3 is 2.45 bits per heavy atom. The number of carbonyl (C=O) groups excluding carboxylic acids is 4. The average Bonchev–Trinajstić information content (AvgIpc) is 3.73. The molecule has 0 unspecified atom stereocenters. The van der Waals surface area contributed by atoms with Crippen LogP contribution >= 0.6 is 0 Å². The first-order valence-electron chi connectivity index (χ1n) is 15.7. The summed E-state index contributed by atoms with van der Waals surface area (Å²) in [6.07, 6.45) is 2.62. The van der Waals surface area contributed by atoms with Crippen molar-refractivity contribution in [2.24, 2.45) is 5.92 Å². The molecule has 2 aliphatic heterocycles. The lowest BCUT2D eigenvalue weighted by Gasteiger charge is -2.27. The number of esters is 1. The lowest BCUT2D eigenvalue weighted by Crippen LogP contribution is -2.33. The number of methoxy groups -OCH3 is 3. The van der Waals surface area contributed by atoms with Gasteiger partial charge in [-0.15, -0.1) is 0 Å². The highest BCUT2D eigenvalue weighted by molar-refractivity contribution is 6.14. The number of anilines is 1. The number of hydrogen-bond donors (Lipinski definition) is 5. The molecule has 0 bridgehead atoms. The third-order valence-electron chi connectivity index (χ3n) is 10.5. The third-order valence-corrected chi connectivity index (χ3v) is 10.5. The van der Waals surface area contributed by atoms with Crippen LogP contribution in [0.5, 0.6) is 23.0 Å². The van der Waals surface area contributed by atoms with E-state index in [4.69, 9.17) is 14.2 Å². The van der Waals surface area contributed by atoms with Crippen LogP contribution in [-0.4, -0.2) is 88.1 Å². The zero-order valence-electron chi connectivity index (χ0n) is 26.5. The van der Waals surface area contributed by atoms with Gasteiger partial charge in [-0.25, -0.2) is 4.79 Å². The van der Waals surface area contributed by atoms with Gasteiger partial charge in [0.25, 0.3) is 11.8 Å². The Bertz CT molecular complexity index is 2400. The molecule has 1 saturated heterocycles. The number of aromatic hydroxyl groups is 2. The number of nitrogens with one attached hydrogen (secondary N) is 3. The monoisotopic (exact) mass is 663 g/mol. The van der Waals surface area contributed by atoms with E-state index in [1.54, 1.807) is 29.2 Å². The number of phenols is 2. The number of nitrogens with zero attached hydrogens (tertiary/aromatic N) is 2. The Morgan fingerprint density at radius 1 is 0.918 bits per heavy atom. The molecule has 14 nitrogen and oxygen atoms in total. The number of phenolic OH excluding ortho intramolecular Hbond substituents is 2. The van der Waals surface area contributed by atoms with E-state index < -0.39 is 17.3 Å². The zero-order valence-corrected chi connectivity index (χ0v) is 26.5. The molecule has 9 rings (SSSR count). The SMILES string of the molecule is COC(=O)c1cc2c3c(c(O)c(OC)c2[nH]1)N(C(=O)c1cc2c([nH]1)C(=O)C=C1N(C(=O)c4cc5cc(O)c(OC)cc5[nH]4)C[C@H]4C[C@]124)CC3. The van der Waals surface area contributed by atoms with Crippen molar-refractivity contribution in [3.8, 4) is 23.0 Å². The van der Waals surface area contributed by atoms with E-state index in [0.29, 0.717) is 63.0 Å². The number of H-pyrrole nitrogens is 3. The first-order chi connectivity index (χ1) is 23.6. The molecule has 4 aliphatic rings. The lowest BCUT2D eigenvalue weighted by molar-refractivity contribution is 0.0594. The predicted molar refractivity (Wildman–Crippen MR) is 174 cm³/mol. The molecule has 0 radical (unpaired) electrons. The van der Waals surface area contributed by atoms with E-state index in [2.05, 4.69) is 15.0 Å². The van der Waals surface area contributed by atoms with Crippen LogP contribution in [0, 0.1) is 5.92 Å². The summed E-state index contributed by atoms with van der Waals surface area (Å²) in [5.41, 5.74) is 3.63. The summed E-state index contributed by atoms with van der Waals surface area (Å²) in [5, 5.41) is 22.8. The third kappa shape index (κ3) is 3.70. The van der Waals surface area contributed by atoms with Crippen molar-refractivity contribution in [3.63, 3.8) is 0 Å². The predicted octanol–water partition coefficient (Wildman–Crippen LogP) is 3.89. The van der Waals surface area contributed by atoms with E-state index in [0.717, 1.165) is 6.42 Å². The normalized spacial score (nSPS) is 20.2. The van der Waals surface area contributed by atoms with Crippen LogP contribution in [0.2, 0.25) is 0 Å². The second-order valence-electron chi connectivity index (χ2n) is 12.8. The van der Waals surface area contributed by atoms with Crippen molar-refractivity contribution in [2.45, 2.75) is 18.3 Å². The molecule has 2 aliphatic carbocycles. The van der Waals surface area contributed by atoms with E-state index in [1.165, 1.54) is 38.4 Å². The summed E-state index contributed by atoms with van der Waals surface area (Å²) < 4.78 is 15.6. The highest BCUT2D eigenvalue weighted by Gasteiger charge is 2.68. The van der Waals surface area contributed by atoms with Crippen molar-refractivity contribution < 1.29 is 43.6 Å². The first kappa shape index (κ1) is 29.0. The van der Waals surface area contributed by atoms with Crippen molar-refractivity contribution in [1.29, 1.82) is 0 Å². The van der Waals surface area contributed by atoms with Crippen molar-refractivity contribution in [3.05, 3.63) is 76.0 Å². The smallest absolute Gasteiger partial charge is 0.354 e. The lowest BCUT2D eigenvalue weighted by atomic mass is 9.85. The van der Waals surface area contributed by atoms with Gasteiger partial charge in [0.1, 0.15) is 17.1 Å². The summed E-state index contributed by atoms with van der Waals surface area (Å²) in [4.78, 5) is 66.0. The summed E-state index contributed by atoms with van der Waals surface area (Å²) in [7, 11) is 4.10. The number of hydrogen-bond acceptors (Lipinski definition) is 9. The fourth-order valence-corrected chi connectivity index (χ4v) is 8.19. The molecule has 49 heavy (non-hydrogen) atoms. The maximum atomic E-state index is 14.1.